The van der Waals surface area contributed by atoms with Crippen molar-refractivity contribution in [2.75, 3.05) is 6.54 Å². The number of carbonyl (C=O) groups is 2. The van der Waals surface area contributed by atoms with Crippen LogP contribution in [0.5, 0.6) is 0 Å². The fourth-order valence-corrected chi connectivity index (χ4v) is 2.83. The minimum Gasteiger partial charge on any atom is -0.436 e. The number of nitrogens with two attached hydrogens (primary N) is 1. The van der Waals surface area contributed by atoms with Crippen molar-refractivity contribution in [2.24, 2.45) is 5.73 Å². The van der Waals surface area contributed by atoms with Crippen LogP contribution in [0.25, 0.3) is 5.65 Å². The van der Waals surface area contributed by atoms with Crippen LogP contribution < -0.4 is 11.1 Å². The molecule has 136 valence electrons. The summed E-state index contributed by atoms with van der Waals surface area (Å²) >= 11 is 3.39. The summed E-state index contributed by atoms with van der Waals surface area (Å²) in [6, 6.07) is 3.75. The van der Waals surface area contributed by atoms with E-state index in [9.17, 15) is 9.59 Å². The molecule has 0 fully saturated rings. The van der Waals surface area contributed by atoms with E-state index < -0.39 is 12.2 Å². The molecule has 1 unspecified atom stereocenters. The number of unbranched alkanes of at least 4 members (excludes halogenated alkanes) is 3. The average Bonchev–Trinajstić information content (AvgIpc) is 2.94. The van der Waals surface area contributed by atoms with Crippen LogP contribution in [0.15, 0.2) is 29.0 Å². The molecule has 2 aromatic rings. The Kier molecular flexibility index (Phi) is 7.24. The van der Waals surface area contributed by atoms with E-state index in [0.717, 1.165) is 35.8 Å². The fraction of sp³-hybridized carbons (Fsp3) is 0.471. The number of halogens is 1. The molecule has 0 saturated carbocycles. The summed E-state index contributed by atoms with van der Waals surface area (Å²) in [4.78, 5) is 27.9. The Bertz CT molecular complexity index is 732. The van der Waals surface area contributed by atoms with Gasteiger partial charge in [-0.3, -0.25) is 4.79 Å². The molecule has 0 radical (unpaired) electrons. The normalized spacial score (nSPS) is 12.1. The summed E-state index contributed by atoms with van der Waals surface area (Å²) in [5.41, 5.74) is 6.48. The van der Waals surface area contributed by atoms with Gasteiger partial charge in [-0.15, -0.1) is 0 Å². The Morgan fingerprint density at radius 1 is 1.40 bits per heavy atom. The van der Waals surface area contributed by atoms with Crippen LogP contribution in [-0.2, 0) is 16.0 Å². The fourth-order valence-electron chi connectivity index (χ4n) is 2.50. The monoisotopic (exact) mass is 410 g/mol. The van der Waals surface area contributed by atoms with Gasteiger partial charge in [-0.1, -0.05) is 42.1 Å². The van der Waals surface area contributed by atoms with Crippen molar-refractivity contribution < 1.29 is 14.3 Å². The molecule has 1 atom stereocenters. The van der Waals surface area contributed by atoms with E-state index in [1.807, 2.05) is 22.7 Å². The number of pyridine rings is 1. The van der Waals surface area contributed by atoms with E-state index in [0.29, 0.717) is 12.2 Å². The van der Waals surface area contributed by atoms with Crippen molar-refractivity contribution in [3.8, 4) is 0 Å². The van der Waals surface area contributed by atoms with Gasteiger partial charge in [0.1, 0.15) is 5.65 Å². The molecule has 2 aromatic heterocycles. The van der Waals surface area contributed by atoms with Gasteiger partial charge in [-0.05, 0) is 18.6 Å². The SMILES string of the molecule is CCCCCCNC(=O)C(Cc1cn2ccc(Br)cc2n1)OC(N)=O. The maximum atomic E-state index is 12.3. The lowest BCUT2D eigenvalue weighted by Crippen LogP contribution is -2.40. The van der Waals surface area contributed by atoms with Crippen LogP contribution in [0.4, 0.5) is 4.79 Å². The molecule has 25 heavy (non-hydrogen) atoms. The Morgan fingerprint density at radius 2 is 2.20 bits per heavy atom. The summed E-state index contributed by atoms with van der Waals surface area (Å²) in [5.74, 6) is -0.353. The van der Waals surface area contributed by atoms with Crippen LogP contribution in [-0.4, -0.2) is 34.0 Å². The maximum absolute atomic E-state index is 12.3. The molecule has 0 aliphatic carbocycles. The molecule has 0 spiro atoms. The molecule has 0 aliphatic rings. The smallest absolute Gasteiger partial charge is 0.405 e. The molecule has 0 saturated heterocycles. The van der Waals surface area contributed by atoms with E-state index in [1.165, 1.54) is 0 Å². The van der Waals surface area contributed by atoms with Gasteiger partial charge in [-0.25, -0.2) is 9.78 Å². The van der Waals surface area contributed by atoms with Crippen molar-refractivity contribution in [3.63, 3.8) is 0 Å². The first-order valence-corrected chi connectivity index (χ1v) is 9.16. The zero-order valence-corrected chi connectivity index (χ0v) is 15.8. The highest BCUT2D eigenvalue weighted by molar-refractivity contribution is 9.10. The van der Waals surface area contributed by atoms with Gasteiger partial charge in [0.25, 0.3) is 5.91 Å². The van der Waals surface area contributed by atoms with Crippen molar-refractivity contribution in [3.05, 3.63) is 34.7 Å². The largest absolute Gasteiger partial charge is 0.436 e. The van der Waals surface area contributed by atoms with E-state index in [-0.39, 0.29) is 12.3 Å². The minimum atomic E-state index is -0.989. The number of carbonyl (C=O) groups excluding carboxylic acids is 2. The summed E-state index contributed by atoms with van der Waals surface area (Å²) in [7, 11) is 0. The molecule has 0 bridgehead atoms. The lowest BCUT2D eigenvalue weighted by molar-refractivity contribution is -0.129. The number of hydrogen-bond acceptors (Lipinski definition) is 4. The van der Waals surface area contributed by atoms with E-state index in [2.05, 4.69) is 33.2 Å². The maximum Gasteiger partial charge on any atom is 0.405 e. The number of ether oxygens (including phenoxy) is 1. The zero-order valence-electron chi connectivity index (χ0n) is 14.2. The highest BCUT2D eigenvalue weighted by Crippen LogP contribution is 2.14. The first kappa shape index (κ1) is 19.2. The Labute approximate surface area is 155 Å². The lowest BCUT2D eigenvalue weighted by Gasteiger charge is -2.15. The summed E-state index contributed by atoms with van der Waals surface area (Å²) in [6.45, 7) is 2.68. The number of aromatic nitrogens is 2. The molecule has 0 aromatic carbocycles. The van der Waals surface area contributed by atoms with Crippen LogP contribution in [0.1, 0.15) is 38.3 Å². The first-order chi connectivity index (χ1) is 12.0. The Morgan fingerprint density at radius 3 is 2.92 bits per heavy atom. The topological polar surface area (TPSA) is 98.7 Å². The number of nitrogens with one attached hydrogen (secondary N) is 1. The first-order valence-electron chi connectivity index (χ1n) is 8.36. The van der Waals surface area contributed by atoms with Gasteiger partial charge in [0.15, 0.2) is 6.10 Å². The lowest BCUT2D eigenvalue weighted by atomic mass is 10.2. The van der Waals surface area contributed by atoms with Gasteiger partial charge >= 0.3 is 6.09 Å². The molecule has 2 amide bonds. The predicted octanol–water partition coefficient (Wildman–Crippen LogP) is 2.80. The van der Waals surface area contributed by atoms with Crippen molar-refractivity contribution in [1.29, 1.82) is 0 Å². The standard InChI is InChI=1S/C17H23BrN4O3/c1-2-3-4-5-7-20-16(23)14(25-17(19)24)10-13-11-22-8-6-12(18)9-15(22)21-13/h6,8-9,11,14H,2-5,7,10H2,1H3,(H2,19,24)(H,20,23). The number of amides is 2. The molecule has 2 rings (SSSR count). The number of primary amides is 1. The van der Waals surface area contributed by atoms with Crippen LogP contribution in [0, 0.1) is 0 Å². The van der Waals surface area contributed by atoms with Crippen molar-refractivity contribution in [1.82, 2.24) is 14.7 Å². The number of imidazole rings is 1. The minimum absolute atomic E-state index is 0.170. The van der Waals surface area contributed by atoms with Gasteiger partial charge < -0.3 is 20.2 Å². The van der Waals surface area contributed by atoms with E-state index >= 15 is 0 Å². The second-order valence-electron chi connectivity index (χ2n) is 5.82. The second kappa shape index (κ2) is 9.41. The molecule has 2 heterocycles. The Balaban J connectivity index is 2.00. The molecule has 3 N–H and O–H groups in total. The van der Waals surface area contributed by atoms with E-state index in [4.69, 9.17) is 10.5 Å². The summed E-state index contributed by atoms with van der Waals surface area (Å²) in [5, 5.41) is 2.80. The second-order valence-corrected chi connectivity index (χ2v) is 6.74. The van der Waals surface area contributed by atoms with Crippen LogP contribution in [0.3, 0.4) is 0 Å². The van der Waals surface area contributed by atoms with Gasteiger partial charge in [0.2, 0.25) is 0 Å². The Hall–Kier alpha value is -2.09. The summed E-state index contributed by atoms with van der Waals surface area (Å²) < 4.78 is 7.73. The third kappa shape index (κ3) is 6.04. The van der Waals surface area contributed by atoms with Gasteiger partial charge in [0, 0.05) is 29.8 Å². The van der Waals surface area contributed by atoms with Gasteiger partial charge in [0.05, 0.1) is 5.69 Å². The van der Waals surface area contributed by atoms with Crippen LogP contribution >= 0.6 is 15.9 Å². The highest BCUT2D eigenvalue weighted by atomic mass is 79.9. The van der Waals surface area contributed by atoms with Crippen molar-refractivity contribution in [2.45, 2.75) is 45.1 Å². The quantitative estimate of drug-likeness (QED) is 0.620. The highest BCUT2D eigenvalue weighted by Gasteiger charge is 2.23. The zero-order chi connectivity index (χ0) is 18.2. The van der Waals surface area contributed by atoms with Crippen LogP contribution in [0.2, 0.25) is 0 Å². The third-order valence-electron chi connectivity index (χ3n) is 3.75. The number of hydrogen-bond donors (Lipinski definition) is 2. The molecule has 0 aliphatic heterocycles. The van der Waals surface area contributed by atoms with Crippen molar-refractivity contribution >= 4 is 33.6 Å². The third-order valence-corrected chi connectivity index (χ3v) is 4.24. The van der Waals surface area contributed by atoms with E-state index in [1.54, 1.807) is 6.20 Å². The number of fused-ring (bicyclic) bond motifs is 1. The molecular formula is C17H23BrN4O3. The number of rotatable bonds is 9. The van der Waals surface area contributed by atoms with Gasteiger partial charge in [-0.2, -0.15) is 0 Å². The summed E-state index contributed by atoms with van der Waals surface area (Å²) in [6.07, 6.45) is 6.07. The average molecular weight is 411 g/mol. The molecule has 7 nitrogen and oxygen atoms in total. The molecular weight excluding hydrogens is 388 g/mol. The molecule has 8 heteroatoms. The predicted molar refractivity (Wildman–Crippen MR) is 98.2 cm³/mol. The number of nitrogens with zero attached hydrogens (tertiary/aromatic N) is 2.